The van der Waals surface area contributed by atoms with Crippen LogP contribution in [0.1, 0.15) is 39.0 Å². The monoisotopic (exact) mass is 268 g/mol. The van der Waals surface area contributed by atoms with E-state index in [9.17, 15) is 14.7 Å². The van der Waals surface area contributed by atoms with Crippen LogP contribution in [0.2, 0.25) is 0 Å². The molecule has 0 aromatic rings. The Hall–Kier alpha value is -1.10. The lowest BCUT2D eigenvalue weighted by Gasteiger charge is -2.36. The van der Waals surface area contributed by atoms with Crippen molar-refractivity contribution in [2.45, 2.75) is 45.1 Å². The Labute approximate surface area is 114 Å². The first-order valence-corrected chi connectivity index (χ1v) is 7.32. The minimum absolute atomic E-state index is 0.0973. The molecule has 1 atom stereocenters. The van der Waals surface area contributed by atoms with Crippen LogP contribution in [0.25, 0.3) is 0 Å². The molecule has 19 heavy (non-hydrogen) atoms. The Morgan fingerprint density at radius 1 is 1.11 bits per heavy atom. The molecule has 2 aliphatic rings. The quantitative estimate of drug-likeness (QED) is 0.835. The van der Waals surface area contributed by atoms with Gasteiger partial charge < -0.3 is 10.0 Å². The first kappa shape index (κ1) is 14.3. The molecule has 108 valence electrons. The summed E-state index contributed by atoms with van der Waals surface area (Å²) in [4.78, 5) is 27.2. The normalized spacial score (nSPS) is 26.4. The average molecular weight is 268 g/mol. The molecule has 2 fully saturated rings. The summed E-state index contributed by atoms with van der Waals surface area (Å²) in [5, 5.41) is 9.20. The molecule has 2 saturated heterocycles. The number of carboxylic acid groups (broad SMARTS) is 1. The van der Waals surface area contributed by atoms with E-state index >= 15 is 0 Å². The van der Waals surface area contributed by atoms with Gasteiger partial charge in [-0.1, -0.05) is 13.3 Å². The summed E-state index contributed by atoms with van der Waals surface area (Å²) in [7, 11) is 0. The fraction of sp³-hybridized carbons (Fsp3) is 0.857. The highest BCUT2D eigenvalue weighted by Gasteiger charge is 2.31. The Balaban J connectivity index is 1.88. The standard InChI is InChI=1S/C14H24N2O3/c1-11-5-8-15(9-6-11)13(17)10-16-7-3-2-4-12(16)14(18)19/h11-12H,2-10H2,1H3,(H,18,19). The molecule has 2 rings (SSSR count). The number of carboxylic acids is 1. The number of aliphatic carboxylic acids is 1. The van der Waals surface area contributed by atoms with Crippen LogP contribution >= 0.6 is 0 Å². The van der Waals surface area contributed by atoms with E-state index < -0.39 is 12.0 Å². The van der Waals surface area contributed by atoms with E-state index in [4.69, 9.17) is 0 Å². The molecule has 0 radical (unpaired) electrons. The van der Waals surface area contributed by atoms with Crippen LogP contribution in [0.4, 0.5) is 0 Å². The van der Waals surface area contributed by atoms with Gasteiger partial charge in [-0.25, -0.2) is 0 Å². The zero-order chi connectivity index (χ0) is 13.8. The van der Waals surface area contributed by atoms with E-state index in [-0.39, 0.29) is 12.5 Å². The van der Waals surface area contributed by atoms with Crippen molar-refractivity contribution in [2.24, 2.45) is 5.92 Å². The molecule has 0 aliphatic carbocycles. The molecule has 1 amide bonds. The second kappa shape index (κ2) is 6.37. The van der Waals surface area contributed by atoms with Gasteiger partial charge in [0.05, 0.1) is 6.54 Å². The van der Waals surface area contributed by atoms with Gasteiger partial charge in [0.15, 0.2) is 0 Å². The van der Waals surface area contributed by atoms with Crippen molar-refractivity contribution < 1.29 is 14.7 Å². The number of carbonyl (C=O) groups is 2. The molecule has 0 bridgehead atoms. The molecule has 2 heterocycles. The van der Waals surface area contributed by atoms with Gasteiger partial charge in [-0.15, -0.1) is 0 Å². The van der Waals surface area contributed by atoms with E-state index in [2.05, 4.69) is 6.92 Å². The molecular weight excluding hydrogens is 244 g/mol. The molecule has 0 saturated carbocycles. The van der Waals surface area contributed by atoms with Gasteiger partial charge >= 0.3 is 5.97 Å². The lowest BCUT2D eigenvalue weighted by atomic mass is 9.99. The number of hydrogen-bond donors (Lipinski definition) is 1. The topological polar surface area (TPSA) is 60.9 Å². The number of nitrogens with zero attached hydrogens (tertiary/aromatic N) is 2. The number of amides is 1. The number of piperidine rings is 2. The maximum Gasteiger partial charge on any atom is 0.320 e. The minimum Gasteiger partial charge on any atom is -0.480 e. The van der Waals surface area contributed by atoms with Gasteiger partial charge in [0.1, 0.15) is 6.04 Å². The number of likely N-dealkylation sites (tertiary alicyclic amines) is 2. The van der Waals surface area contributed by atoms with Crippen molar-refractivity contribution in [2.75, 3.05) is 26.2 Å². The van der Waals surface area contributed by atoms with E-state index in [1.165, 1.54) is 0 Å². The van der Waals surface area contributed by atoms with Crippen LogP contribution in [0.5, 0.6) is 0 Å². The fourth-order valence-electron chi connectivity index (χ4n) is 2.99. The van der Waals surface area contributed by atoms with Crippen molar-refractivity contribution >= 4 is 11.9 Å². The summed E-state index contributed by atoms with van der Waals surface area (Å²) in [5.41, 5.74) is 0. The highest BCUT2D eigenvalue weighted by molar-refractivity contribution is 5.80. The fourth-order valence-corrected chi connectivity index (χ4v) is 2.99. The predicted octanol–water partition coefficient (Wildman–Crippen LogP) is 1.18. The molecule has 1 unspecified atom stereocenters. The molecule has 5 heteroatoms. The zero-order valence-corrected chi connectivity index (χ0v) is 11.7. The van der Waals surface area contributed by atoms with Gasteiger partial charge in [-0.3, -0.25) is 14.5 Å². The highest BCUT2D eigenvalue weighted by atomic mass is 16.4. The van der Waals surface area contributed by atoms with Crippen LogP contribution in [0.15, 0.2) is 0 Å². The lowest BCUT2D eigenvalue weighted by Crippen LogP contribution is -2.50. The van der Waals surface area contributed by atoms with E-state index in [1.807, 2.05) is 9.80 Å². The van der Waals surface area contributed by atoms with Gasteiger partial charge in [0, 0.05) is 13.1 Å². The molecule has 1 N–H and O–H groups in total. The van der Waals surface area contributed by atoms with Crippen molar-refractivity contribution in [3.8, 4) is 0 Å². The SMILES string of the molecule is CC1CCN(C(=O)CN2CCCCC2C(=O)O)CC1. The van der Waals surface area contributed by atoms with Gasteiger partial charge in [-0.05, 0) is 38.1 Å². The van der Waals surface area contributed by atoms with E-state index in [0.717, 1.165) is 45.3 Å². The molecule has 0 aromatic heterocycles. The van der Waals surface area contributed by atoms with Crippen LogP contribution in [0.3, 0.4) is 0 Å². The summed E-state index contributed by atoms with van der Waals surface area (Å²) in [6.45, 7) is 4.86. The third-order valence-corrected chi connectivity index (χ3v) is 4.37. The number of carbonyl (C=O) groups excluding carboxylic acids is 1. The van der Waals surface area contributed by atoms with Crippen molar-refractivity contribution in [3.63, 3.8) is 0 Å². The second-order valence-corrected chi connectivity index (χ2v) is 5.88. The maximum atomic E-state index is 12.2. The van der Waals surface area contributed by atoms with Crippen molar-refractivity contribution in [1.82, 2.24) is 9.80 Å². The van der Waals surface area contributed by atoms with Crippen LogP contribution in [0, 0.1) is 5.92 Å². The van der Waals surface area contributed by atoms with E-state index in [0.29, 0.717) is 12.3 Å². The zero-order valence-electron chi connectivity index (χ0n) is 11.7. The summed E-state index contributed by atoms with van der Waals surface area (Å²) in [6, 6.07) is -0.471. The van der Waals surface area contributed by atoms with Crippen molar-refractivity contribution in [1.29, 1.82) is 0 Å². The smallest absolute Gasteiger partial charge is 0.320 e. The third-order valence-electron chi connectivity index (χ3n) is 4.37. The number of hydrogen-bond acceptors (Lipinski definition) is 3. The Morgan fingerprint density at radius 2 is 1.79 bits per heavy atom. The summed E-state index contributed by atoms with van der Waals surface area (Å²) in [5.74, 6) is 0.00520. The van der Waals surface area contributed by atoms with Gasteiger partial charge in [0.2, 0.25) is 5.91 Å². The predicted molar refractivity (Wildman–Crippen MR) is 71.8 cm³/mol. The maximum absolute atomic E-state index is 12.2. The van der Waals surface area contributed by atoms with E-state index in [1.54, 1.807) is 0 Å². The lowest BCUT2D eigenvalue weighted by molar-refractivity contribution is -0.146. The first-order chi connectivity index (χ1) is 9.08. The summed E-state index contributed by atoms with van der Waals surface area (Å²) < 4.78 is 0. The highest BCUT2D eigenvalue weighted by Crippen LogP contribution is 2.19. The Morgan fingerprint density at radius 3 is 2.42 bits per heavy atom. The Kier molecular flexibility index (Phi) is 4.80. The van der Waals surface area contributed by atoms with Crippen molar-refractivity contribution in [3.05, 3.63) is 0 Å². The molecule has 0 spiro atoms. The summed E-state index contributed by atoms with van der Waals surface area (Å²) in [6.07, 6.45) is 4.73. The molecule has 5 nitrogen and oxygen atoms in total. The minimum atomic E-state index is -0.792. The average Bonchev–Trinajstić information content (AvgIpc) is 2.39. The van der Waals surface area contributed by atoms with Crippen LogP contribution in [-0.4, -0.2) is 59.0 Å². The number of rotatable bonds is 3. The second-order valence-electron chi connectivity index (χ2n) is 5.88. The van der Waals surface area contributed by atoms with Gasteiger partial charge in [-0.2, -0.15) is 0 Å². The Bertz CT molecular complexity index is 338. The molecular formula is C14H24N2O3. The largest absolute Gasteiger partial charge is 0.480 e. The molecule has 0 aromatic carbocycles. The third kappa shape index (κ3) is 3.69. The van der Waals surface area contributed by atoms with Crippen LogP contribution in [-0.2, 0) is 9.59 Å². The summed E-state index contributed by atoms with van der Waals surface area (Å²) >= 11 is 0. The van der Waals surface area contributed by atoms with Crippen LogP contribution < -0.4 is 0 Å². The molecule has 2 aliphatic heterocycles. The first-order valence-electron chi connectivity index (χ1n) is 7.32. The van der Waals surface area contributed by atoms with Gasteiger partial charge in [0.25, 0.3) is 0 Å².